The number of carbonyl (C=O) groups is 1. The van der Waals surface area contributed by atoms with E-state index in [4.69, 9.17) is 16.0 Å². The van der Waals surface area contributed by atoms with Crippen LogP contribution in [0, 0.1) is 0 Å². The summed E-state index contributed by atoms with van der Waals surface area (Å²) in [6, 6.07) is 5.42. The van der Waals surface area contributed by atoms with E-state index in [0.29, 0.717) is 17.4 Å². The van der Waals surface area contributed by atoms with Crippen molar-refractivity contribution in [2.24, 2.45) is 0 Å². The highest BCUT2D eigenvalue weighted by molar-refractivity contribution is 9.10. The molecular formula is C9H4BrClO2. The number of furan rings is 1. The predicted octanol–water partition coefficient (Wildman–Crippen LogP) is 3.66. The van der Waals surface area contributed by atoms with E-state index in [-0.39, 0.29) is 5.22 Å². The van der Waals surface area contributed by atoms with Crippen molar-refractivity contribution >= 4 is 44.8 Å². The van der Waals surface area contributed by atoms with Gasteiger partial charge in [0.05, 0.1) is 5.56 Å². The summed E-state index contributed by atoms with van der Waals surface area (Å²) < 4.78 is 5.98. The summed E-state index contributed by atoms with van der Waals surface area (Å²) in [6.45, 7) is 0. The van der Waals surface area contributed by atoms with Crippen LogP contribution in [0.25, 0.3) is 11.0 Å². The molecule has 1 aromatic carbocycles. The summed E-state index contributed by atoms with van der Waals surface area (Å²) in [6.07, 6.45) is 0.693. The molecule has 13 heavy (non-hydrogen) atoms. The molecule has 0 aliphatic heterocycles. The third-order valence-corrected chi connectivity index (χ3v) is 2.72. The van der Waals surface area contributed by atoms with E-state index in [0.717, 1.165) is 9.86 Å². The van der Waals surface area contributed by atoms with Crippen molar-refractivity contribution in [3.63, 3.8) is 0 Å². The summed E-state index contributed by atoms with van der Waals surface area (Å²) in [5.41, 5.74) is 1.01. The fraction of sp³-hybridized carbons (Fsp3) is 0. The van der Waals surface area contributed by atoms with Crippen LogP contribution in [0.5, 0.6) is 0 Å². The van der Waals surface area contributed by atoms with Crippen molar-refractivity contribution < 1.29 is 9.21 Å². The number of fused-ring (bicyclic) bond motifs is 1. The van der Waals surface area contributed by atoms with Crippen LogP contribution in [-0.2, 0) is 0 Å². The van der Waals surface area contributed by atoms with Crippen LogP contribution >= 0.6 is 27.5 Å². The molecule has 2 aromatic rings. The van der Waals surface area contributed by atoms with Gasteiger partial charge in [-0.25, -0.2) is 0 Å². The van der Waals surface area contributed by atoms with E-state index in [2.05, 4.69) is 15.9 Å². The number of hydrogen-bond donors (Lipinski definition) is 0. The quantitative estimate of drug-likeness (QED) is 0.732. The van der Waals surface area contributed by atoms with E-state index in [1.807, 2.05) is 12.1 Å². The molecule has 0 saturated heterocycles. The molecule has 0 atom stereocenters. The van der Waals surface area contributed by atoms with Gasteiger partial charge in [-0.2, -0.15) is 0 Å². The molecular weight excluding hydrogens is 255 g/mol. The van der Waals surface area contributed by atoms with Crippen LogP contribution in [0.3, 0.4) is 0 Å². The Balaban J connectivity index is 2.96. The third-order valence-electron chi connectivity index (χ3n) is 1.77. The Morgan fingerprint density at radius 3 is 2.92 bits per heavy atom. The monoisotopic (exact) mass is 258 g/mol. The first kappa shape index (κ1) is 8.78. The molecule has 0 unspecified atom stereocenters. The number of halogens is 2. The van der Waals surface area contributed by atoms with Gasteiger partial charge in [0.2, 0.25) is 5.22 Å². The molecule has 2 nitrogen and oxygen atoms in total. The second-order valence-electron chi connectivity index (χ2n) is 2.52. The zero-order valence-electron chi connectivity index (χ0n) is 6.38. The minimum atomic E-state index is 0.136. The van der Waals surface area contributed by atoms with Crippen molar-refractivity contribution in [3.05, 3.63) is 33.5 Å². The summed E-state index contributed by atoms with van der Waals surface area (Å²) >= 11 is 9.05. The van der Waals surface area contributed by atoms with Gasteiger partial charge in [0.25, 0.3) is 0 Å². The first-order chi connectivity index (χ1) is 6.24. The van der Waals surface area contributed by atoms with E-state index >= 15 is 0 Å². The lowest BCUT2D eigenvalue weighted by Crippen LogP contribution is -1.77. The normalized spacial score (nSPS) is 10.6. The Kier molecular flexibility index (Phi) is 2.14. The Bertz CT molecular complexity index is 476. The van der Waals surface area contributed by atoms with Gasteiger partial charge in [0.1, 0.15) is 5.58 Å². The van der Waals surface area contributed by atoms with Gasteiger partial charge in [-0.3, -0.25) is 4.79 Å². The lowest BCUT2D eigenvalue weighted by molar-refractivity contribution is 0.112. The molecule has 2 rings (SSSR count). The molecule has 0 aliphatic carbocycles. The summed E-state index contributed by atoms with van der Waals surface area (Å²) in [5.74, 6) is 0. The van der Waals surface area contributed by atoms with Gasteiger partial charge in [-0.15, -0.1) is 0 Å². The fourth-order valence-corrected chi connectivity index (χ4v) is 1.99. The van der Waals surface area contributed by atoms with Crippen molar-refractivity contribution in [1.29, 1.82) is 0 Å². The number of rotatable bonds is 1. The third kappa shape index (κ3) is 1.28. The summed E-state index contributed by atoms with van der Waals surface area (Å²) in [7, 11) is 0. The number of hydrogen-bond acceptors (Lipinski definition) is 2. The van der Waals surface area contributed by atoms with Crippen LogP contribution in [0.1, 0.15) is 10.4 Å². The van der Waals surface area contributed by atoms with Gasteiger partial charge >= 0.3 is 0 Å². The number of benzene rings is 1. The Labute approximate surface area is 87.6 Å². The Hall–Kier alpha value is -0.800. The second-order valence-corrected chi connectivity index (χ2v) is 3.72. The minimum Gasteiger partial charge on any atom is -0.444 e. The fourth-order valence-electron chi connectivity index (χ4n) is 1.21. The van der Waals surface area contributed by atoms with E-state index in [9.17, 15) is 4.79 Å². The molecule has 1 heterocycles. The van der Waals surface area contributed by atoms with Crippen molar-refractivity contribution in [2.45, 2.75) is 0 Å². The van der Waals surface area contributed by atoms with Gasteiger partial charge in [0.15, 0.2) is 6.29 Å². The second kappa shape index (κ2) is 3.16. The standard InChI is InChI=1S/C9H4BrClO2/c10-6-2-1-3-7-8(6)5(4-12)9(11)13-7/h1-4H. The van der Waals surface area contributed by atoms with Gasteiger partial charge in [0, 0.05) is 9.86 Å². The molecule has 0 spiro atoms. The zero-order chi connectivity index (χ0) is 9.42. The van der Waals surface area contributed by atoms with Crippen LogP contribution in [0.4, 0.5) is 0 Å². The first-order valence-electron chi connectivity index (χ1n) is 3.55. The highest BCUT2D eigenvalue weighted by atomic mass is 79.9. The largest absolute Gasteiger partial charge is 0.444 e. The van der Waals surface area contributed by atoms with Crippen molar-refractivity contribution in [3.8, 4) is 0 Å². The Morgan fingerprint density at radius 1 is 1.46 bits per heavy atom. The molecule has 66 valence electrons. The van der Waals surface area contributed by atoms with E-state index < -0.39 is 0 Å². The van der Waals surface area contributed by atoms with Crippen molar-refractivity contribution in [1.82, 2.24) is 0 Å². The molecule has 0 bridgehead atoms. The molecule has 0 saturated carbocycles. The minimum absolute atomic E-state index is 0.136. The maximum absolute atomic E-state index is 10.7. The van der Waals surface area contributed by atoms with Crippen LogP contribution in [-0.4, -0.2) is 6.29 Å². The van der Waals surface area contributed by atoms with Gasteiger partial charge in [-0.05, 0) is 23.7 Å². The van der Waals surface area contributed by atoms with Crippen molar-refractivity contribution in [2.75, 3.05) is 0 Å². The molecule has 0 fully saturated rings. The Morgan fingerprint density at radius 2 is 2.23 bits per heavy atom. The van der Waals surface area contributed by atoms with Crippen LogP contribution < -0.4 is 0 Å². The molecule has 1 aromatic heterocycles. The summed E-state index contributed by atoms with van der Waals surface area (Å²) in [4.78, 5) is 10.7. The molecule has 4 heteroatoms. The maximum atomic E-state index is 10.7. The smallest absolute Gasteiger partial charge is 0.205 e. The maximum Gasteiger partial charge on any atom is 0.205 e. The lowest BCUT2D eigenvalue weighted by atomic mass is 10.2. The van der Waals surface area contributed by atoms with E-state index in [1.54, 1.807) is 6.07 Å². The molecule has 0 aliphatic rings. The van der Waals surface area contributed by atoms with Gasteiger partial charge in [-0.1, -0.05) is 22.0 Å². The highest BCUT2D eigenvalue weighted by Gasteiger charge is 2.13. The lowest BCUT2D eigenvalue weighted by Gasteiger charge is -1.91. The van der Waals surface area contributed by atoms with Crippen LogP contribution in [0.2, 0.25) is 5.22 Å². The van der Waals surface area contributed by atoms with E-state index in [1.165, 1.54) is 0 Å². The molecule has 0 radical (unpaired) electrons. The average Bonchev–Trinajstić information content (AvgIpc) is 2.42. The van der Waals surface area contributed by atoms with Gasteiger partial charge < -0.3 is 4.42 Å². The van der Waals surface area contributed by atoms with Crippen LogP contribution in [0.15, 0.2) is 27.1 Å². The number of aldehydes is 1. The highest BCUT2D eigenvalue weighted by Crippen LogP contribution is 2.33. The topological polar surface area (TPSA) is 30.2 Å². The summed E-state index contributed by atoms with van der Waals surface area (Å²) in [5, 5.41) is 0.861. The molecule has 0 amide bonds. The first-order valence-corrected chi connectivity index (χ1v) is 4.73. The number of carbonyl (C=O) groups excluding carboxylic acids is 1. The molecule has 0 N–H and O–H groups in total. The zero-order valence-corrected chi connectivity index (χ0v) is 8.72. The average molecular weight is 259 g/mol. The SMILES string of the molecule is O=Cc1c(Cl)oc2cccc(Br)c12. The predicted molar refractivity (Wildman–Crippen MR) is 54.3 cm³/mol.